The van der Waals surface area contributed by atoms with E-state index in [1.165, 1.54) is 0 Å². The summed E-state index contributed by atoms with van der Waals surface area (Å²) in [6.45, 7) is 7.30. The predicted molar refractivity (Wildman–Crippen MR) is 151 cm³/mol. The third-order valence-corrected chi connectivity index (χ3v) is 8.04. The van der Waals surface area contributed by atoms with Crippen molar-refractivity contribution in [2.24, 2.45) is 11.8 Å². The van der Waals surface area contributed by atoms with Crippen molar-refractivity contribution in [1.29, 1.82) is 0 Å². The molecule has 0 radical (unpaired) electrons. The summed E-state index contributed by atoms with van der Waals surface area (Å²) in [5, 5.41) is 16.3. The van der Waals surface area contributed by atoms with Gasteiger partial charge in [0.25, 0.3) is 5.91 Å². The Morgan fingerprint density at radius 3 is 2.75 bits per heavy atom. The molecule has 1 saturated heterocycles. The highest BCUT2D eigenvalue weighted by molar-refractivity contribution is 6.02. The monoisotopic (exact) mass is 552 g/mol. The third kappa shape index (κ3) is 6.19. The minimum Gasteiger partial charge on any atom is -0.486 e. The van der Waals surface area contributed by atoms with Crippen molar-refractivity contribution in [3.05, 3.63) is 47.5 Å². The predicted octanol–water partition coefficient (Wildman–Crippen LogP) is 2.71. The lowest BCUT2D eigenvalue weighted by molar-refractivity contribution is -0.120. The van der Waals surface area contributed by atoms with E-state index in [1.54, 1.807) is 23.1 Å². The van der Waals surface area contributed by atoms with E-state index < -0.39 is 0 Å². The molecule has 2 aromatic carbocycles. The number of aliphatic hydroxyl groups excluding tert-OH is 1. The zero-order valence-corrected chi connectivity index (χ0v) is 23.5. The first-order valence-electron chi connectivity index (χ1n) is 14.1. The van der Waals surface area contributed by atoms with Crippen LogP contribution >= 0.6 is 0 Å². The summed E-state index contributed by atoms with van der Waals surface area (Å²) in [6.07, 6.45) is 1.26. The Hall–Kier alpha value is -3.34. The Bertz CT molecular complexity index is 1220. The number of piperidine rings is 1. The first kappa shape index (κ1) is 28.2. The number of likely N-dealkylation sites (N-methyl/N-ethyl adjacent to an activating group) is 1. The second-order valence-corrected chi connectivity index (χ2v) is 11.2. The average molecular weight is 553 g/mol. The highest BCUT2D eigenvalue weighted by atomic mass is 16.7. The molecule has 3 atom stereocenters. The number of hydrogen-bond donors (Lipinski definition) is 3. The second kappa shape index (κ2) is 12.4. The van der Waals surface area contributed by atoms with Crippen molar-refractivity contribution in [2.45, 2.75) is 45.4 Å². The Labute approximate surface area is 235 Å². The number of hydrogen-bond acceptors (Lipinski definition) is 8. The molecule has 3 aliphatic rings. The molecule has 0 aliphatic carbocycles. The molecule has 10 heteroatoms. The summed E-state index contributed by atoms with van der Waals surface area (Å²) in [7, 11) is 2.03. The second-order valence-electron chi connectivity index (χ2n) is 11.2. The molecule has 3 N–H and O–H groups in total. The van der Waals surface area contributed by atoms with E-state index in [2.05, 4.69) is 22.5 Å². The van der Waals surface area contributed by atoms with Gasteiger partial charge in [-0.05, 0) is 69.7 Å². The van der Waals surface area contributed by atoms with Gasteiger partial charge in [-0.25, -0.2) is 0 Å². The quantitative estimate of drug-likeness (QED) is 0.458. The fraction of sp³-hybridized carbons (Fsp3) is 0.533. The number of benzene rings is 2. The average Bonchev–Trinajstić information content (AvgIpc) is 3.43. The highest BCUT2D eigenvalue weighted by Gasteiger charge is 2.35. The minimum absolute atomic E-state index is 0.0431. The van der Waals surface area contributed by atoms with Crippen LogP contribution in [0, 0.1) is 11.8 Å². The molecule has 2 amide bonds. The number of carbonyl (C=O) groups is 2. The molecular weight excluding hydrogens is 512 g/mol. The molecule has 0 bridgehead atoms. The van der Waals surface area contributed by atoms with E-state index >= 15 is 0 Å². The fourth-order valence-electron chi connectivity index (χ4n) is 5.60. The molecule has 0 aromatic heterocycles. The van der Waals surface area contributed by atoms with Gasteiger partial charge < -0.3 is 34.9 Å². The summed E-state index contributed by atoms with van der Waals surface area (Å²) >= 11 is 0. The van der Waals surface area contributed by atoms with Gasteiger partial charge in [-0.2, -0.15) is 0 Å². The van der Waals surface area contributed by atoms with Gasteiger partial charge in [0.2, 0.25) is 12.7 Å². The Balaban J connectivity index is 1.40. The number of ether oxygens (including phenoxy) is 3. The number of nitrogens with one attached hydrogen (secondary N) is 2. The van der Waals surface area contributed by atoms with Gasteiger partial charge in [0.15, 0.2) is 17.2 Å². The minimum atomic E-state index is -0.360. The zero-order chi connectivity index (χ0) is 28.2. The number of fused-ring (bicyclic) bond motifs is 2. The van der Waals surface area contributed by atoms with Crippen LogP contribution in [-0.2, 0) is 11.3 Å². The molecule has 3 unspecified atom stereocenters. The maximum absolute atomic E-state index is 13.7. The molecule has 0 spiro atoms. The normalized spacial score (nSPS) is 21.8. The number of aliphatic hydroxyl groups is 1. The third-order valence-electron chi connectivity index (χ3n) is 8.04. The van der Waals surface area contributed by atoms with Crippen LogP contribution < -0.4 is 24.8 Å². The zero-order valence-electron chi connectivity index (χ0n) is 23.5. The Morgan fingerprint density at radius 2 is 1.98 bits per heavy atom. The van der Waals surface area contributed by atoms with Gasteiger partial charge in [-0.1, -0.05) is 19.1 Å². The summed E-state index contributed by atoms with van der Waals surface area (Å²) < 4.78 is 17.6. The van der Waals surface area contributed by atoms with Crippen molar-refractivity contribution < 1.29 is 28.9 Å². The van der Waals surface area contributed by atoms with Gasteiger partial charge in [-0.3, -0.25) is 14.5 Å². The lowest BCUT2D eigenvalue weighted by Gasteiger charge is -2.38. The molecular formula is C30H40N4O6. The van der Waals surface area contributed by atoms with Gasteiger partial charge in [0, 0.05) is 31.5 Å². The number of anilines is 1. The number of nitrogens with zero attached hydrogens (tertiary/aromatic N) is 2. The molecule has 3 heterocycles. The van der Waals surface area contributed by atoms with Gasteiger partial charge >= 0.3 is 0 Å². The number of para-hydroxylation sites is 1. The number of rotatable bonds is 8. The fourth-order valence-corrected chi connectivity index (χ4v) is 5.60. The molecule has 216 valence electrons. The van der Waals surface area contributed by atoms with Crippen LogP contribution in [0.25, 0.3) is 0 Å². The van der Waals surface area contributed by atoms with E-state index in [4.69, 9.17) is 14.2 Å². The molecule has 5 rings (SSSR count). The van der Waals surface area contributed by atoms with Gasteiger partial charge in [0.05, 0.1) is 23.9 Å². The maximum atomic E-state index is 13.7. The van der Waals surface area contributed by atoms with E-state index in [1.807, 2.05) is 32.2 Å². The van der Waals surface area contributed by atoms with Crippen LogP contribution in [0.2, 0.25) is 0 Å². The first-order chi connectivity index (χ1) is 19.3. The summed E-state index contributed by atoms with van der Waals surface area (Å²) in [5.41, 5.74) is 1.98. The lowest BCUT2D eigenvalue weighted by atomic mass is 9.96. The largest absolute Gasteiger partial charge is 0.486 e. The molecule has 3 aliphatic heterocycles. The van der Waals surface area contributed by atoms with E-state index in [0.717, 1.165) is 43.0 Å². The molecule has 2 aromatic rings. The van der Waals surface area contributed by atoms with E-state index in [0.29, 0.717) is 36.6 Å². The highest BCUT2D eigenvalue weighted by Crippen LogP contribution is 2.36. The smallest absolute Gasteiger partial charge is 0.258 e. The summed E-state index contributed by atoms with van der Waals surface area (Å²) in [6, 6.07) is 10.9. The molecule has 1 fully saturated rings. The number of amides is 2. The van der Waals surface area contributed by atoms with Crippen LogP contribution in [0.3, 0.4) is 0 Å². The summed E-state index contributed by atoms with van der Waals surface area (Å²) in [4.78, 5) is 30.8. The van der Waals surface area contributed by atoms with Crippen molar-refractivity contribution in [3.8, 4) is 17.2 Å². The van der Waals surface area contributed by atoms with Crippen molar-refractivity contribution in [2.75, 3.05) is 51.9 Å². The standard InChI is InChI=1S/C30H40N4O6/c1-19-14-34(20(2)17-35)30(37)23-5-4-6-24(32-29(36)22-9-11-31-12-10-22)28(23)40-27(19)16-33(3)15-21-7-8-25-26(13-21)39-18-38-25/h4-8,13,19-20,22,27,31,35H,9-12,14-18H2,1-3H3,(H,32,36). The molecule has 40 heavy (non-hydrogen) atoms. The SMILES string of the molecule is CC1CN(C(C)CO)C(=O)c2cccc(NC(=O)C3CCNCC3)c2OC1CN(C)Cc1ccc2c(c1)OCO2. The number of carbonyl (C=O) groups excluding carboxylic acids is 2. The van der Waals surface area contributed by atoms with Crippen molar-refractivity contribution in [1.82, 2.24) is 15.1 Å². The van der Waals surface area contributed by atoms with Crippen LogP contribution in [0.15, 0.2) is 36.4 Å². The van der Waals surface area contributed by atoms with Crippen molar-refractivity contribution >= 4 is 17.5 Å². The molecule has 10 nitrogen and oxygen atoms in total. The van der Waals surface area contributed by atoms with Crippen LogP contribution in [0.4, 0.5) is 5.69 Å². The Morgan fingerprint density at radius 1 is 1.20 bits per heavy atom. The maximum Gasteiger partial charge on any atom is 0.258 e. The van der Waals surface area contributed by atoms with Crippen LogP contribution in [0.5, 0.6) is 17.2 Å². The van der Waals surface area contributed by atoms with E-state index in [-0.39, 0.29) is 49.2 Å². The Kier molecular flexibility index (Phi) is 8.78. The first-order valence-corrected chi connectivity index (χ1v) is 14.1. The van der Waals surface area contributed by atoms with E-state index in [9.17, 15) is 14.7 Å². The van der Waals surface area contributed by atoms with Crippen LogP contribution in [0.1, 0.15) is 42.6 Å². The van der Waals surface area contributed by atoms with Gasteiger partial charge in [0.1, 0.15) is 6.10 Å². The van der Waals surface area contributed by atoms with Gasteiger partial charge in [-0.15, -0.1) is 0 Å². The molecule has 0 saturated carbocycles. The summed E-state index contributed by atoms with van der Waals surface area (Å²) in [5.74, 6) is 1.48. The lowest BCUT2D eigenvalue weighted by Crippen LogP contribution is -2.49. The topological polar surface area (TPSA) is 113 Å². The van der Waals surface area contributed by atoms with Crippen LogP contribution in [-0.4, -0.2) is 85.5 Å². The van der Waals surface area contributed by atoms with Crippen molar-refractivity contribution in [3.63, 3.8) is 0 Å².